The van der Waals surface area contributed by atoms with E-state index in [9.17, 15) is 10.1 Å². The number of ether oxygens (including phenoxy) is 1. The molecule has 2 rings (SSSR count). The summed E-state index contributed by atoms with van der Waals surface area (Å²) in [7, 11) is 0. The third-order valence-electron chi connectivity index (χ3n) is 2.18. The SMILES string of the molecule is NNc1cc(SC2COC2)cc([N+](=O)[O-])c1. The van der Waals surface area contributed by atoms with Crippen molar-refractivity contribution in [2.24, 2.45) is 5.84 Å². The minimum atomic E-state index is -0.428. The molecule has 0 spiro atoms. The zero-order valence-corrected chi connectivity index (χ0v) is 9.20. The van der Waals surface area contributed by atoms with E-state index >= 15 is 0 Å². The molecule has 0 aliphatic carbocycles. The summed E-state index contributed by atoms with van der Waals surface area (Å²) in [6.07, 6.45) is 0. The van der Waals surface area contributed by atoms with Gasteiger partial charge in [0.05, 0.1) is 29.1 Å². The fourth-order valence-corrected chi connectivity index (χ4v) is 2.41. The molecule has 0 bridgehead atoms. The van der Waals surface area contributed by atoms with Gasteiger partial charge in [-0.05, 0) is 6.07 Å². The molecule has 6 nitrogen and oxygen atoms in total. The summed E-state index contributed by atoms with van der Waals surface area (Å²) in [6, 6.07) is 4.74. The Labute approximate surface area is 96.3 Å². The average Bonchev–Trinajstić information content (AvgIpc) is 2.23. The summed E-state index contributed by atoms with van der Waals surface area (Å²) in [5.74, 6) is 5.26. The molecule has 1 fully saturated rings. The lowest BCUT2D eigenvalue weighted by atomic mass is 10.3. The minimum Gasteiger partial charge on any atom is -0.379 e. The minimum absolute atomic E-state index is 0.0400. The van der Waals surface area contributed by atoms with Crippen molar-refractivity contribution in [1.29, 1.82) is 0 Å². The van der Waals surface area contributed by atoms with Crippen LogP contribution in [0.25, 0.3) is 0 Å². The van der Waals surface area contributed by atoms with E-state index in [1.54, 1.807) is 23.9 Å². The maximum Gasteiger partial charge on any atom is 0.272 e. The van der Waals surface area contributed by atoms with Crippen LogP contribution in [0.3, 0.4) is 0 Å². The van der Waals surface area contributed by atoms with Crippen molar-refractivity contribution in [3.05, 3.63) is 28.3 Å². The quantitative estimate of drug-likeness (QED) is 0.470. The van der Waals surface area contributed by atoms with E-state index in [4.69, 9.17) is 10.6 Å². The number of nitrogens with zero attached hydrogens (tertiary/aromatic N) is 1. The third-order valence-corrected chi connectivity index (χ3v) is 3.29. The first kappa shape index (κ1) is 11.2. The Morgan fingerprint density at radius 1 is 1.50 bits per heavy atom. The number of hydrazine groups is 1. The summed E-state index contributed by atoms with van der Waals surface area (Å²) in [5.41, 5.74) is 3.00. The summed E-state index contributed by atoms with van der Waals surface area (Å²) in [4.78, 5) is 11.1. The molecule has 0 amide bonds. The van der Waals surface area contributed by atoms with Gasteiger partial charge in [0.1, 0.15) is 0 Å². The van der Waals surface area contributed by atoms with E-state index in [1.165, 1.54) is 6.07 Å². The number of hydrogen-bond acceptors (Lipinski definition) is 6. The molecular weight excluding hydrogens is 230 g/mol. The van der Waals surface area contributed by atoms with Crippen molar-refractivity contribution < 1.29 is 9.66 Å². The predicted octanol–water partition coefficient (Wildman–Crippen LogP) is 1.37. The molecule has 0 atom stereocenters. The van der Waals surface area contributed by atoms with Crippen molar-refractivity contribution in [3.8, 4) is 0 Å². The second-order valence-electron chi connectivity index (χ2n) is 3.39. The van der Waals surface area contributed by atoms with Crippen molar-refractivity contribution in [3.63, 3.8) is 0 Å². The highest BCUT2D eigenvalue weighted by Crippen LogP contribution is 2.32. The highest BCUT2D eigenvalue weighted by atomic mass is 32.2. The van der Waals surface area contributed by atoms with Crippen LogP contribution in [0.2, 0.25) is 0 Å². The van der Waals surface area contributed by atoms with E-state index in [1.807, 2.05) is 0 Å². The normalized spacial score (nSPS) is 15.6. The molecule has 7 heteroatoms. The lowest BCUT2D eigenvalue weighted by molar-refractivity contribution is -0.385. The monoisotopic (exact) mass is 241 g/mol. The largest absolute Gasteiger partial charge is 0.379 e. The maximum absolute atomic E-state index is 10.7. The second-order valence-corrected chi connectivity index (χ2v) is 4.77. The number of nitro benzene ring substituents is 1. The van der Waals surface area contributed by atoms with Gasteiger partial charge in [-0.15, -0.1) is 11.8 Å². The van der Waals surface area contributed by atoms with Gasteiger partial charge < -0.3 is 10.2 Å². The molecule has 0 radical (unpaired) electrons. The molecule has 0 unspecified atom stereocenters. The van der Waals surface area contributed by atoms with Gasteiger partial charge in [-0.1, -0.05) is 0 Å². The Hall–Kier alpha value is -1.31. The van der Waals surface area contributed by atoms with Gasteiger partial charge in [-0.2, -0.15) is 0 Å². The molecule has 0 aromatic heterocycles. The number of rotatable bonds is 4. The first-order chi connectivity index (χ1) is 7.69. The summed E-state index contributed by atoms with van der Waals surface area (Å²) < 4.78 is 5.05. The van der Waals surface area contributed by atoms with Gasteiger partial charge in [0.15, 0.2) is 0 Å². The van der Waals surface area contributed by atoms with Gasteiger partial charge in [-0.3, -0.25) is 16.0 Å². The van der Waals surface area contributed by atoms with Crippen LogP contribution in [-0.4, -0.2) is 23.4 Å². The van der Waals surface area contributed by atoms with Gasteiger partial charge in [-0.25, -0.2) is 0 Å². The molecule has 1 aromatic rings. The Morgan fingerprint density at radius 3 is 2.75 bits per heavy atom. The van der Waals surface area contributed by atoms with Crippen molar-refractivity contribution in [2.75, 3.05) is 18.6 Å². The van der Waals surface area contributed by atoms with Crippen LogP contribution in [0, 0.1) is 10.1 Å². The fraction of sp³-hybridized carbons (Fsp3) is 0.333. The number of nitrogens with one attached hydrogen (secondary N) is 1. The third kappa shape index (κ3) is 2.43. The Balaban J connectivity index is 2.21. The Morgan fingerprint density at radius 2 is 2.25 bits per heavy atom. The van der Waals surface area contributed by atoms with E-state index < -0.39 is 4.92 Å². The number of non-ortho nitro benzene ring substituents is 1. The molecule has 1 saturated heterocycles. The topological polar surface area (TPSA) is 90.4 Å². The smallest absolute Gasteiger partial charge is 0.272 e. The number of benzene rings is 1. The van der Waals surface area contributed by atoms with Gasteiger partial charge >= 0.3 is 0 Å². The summed E-state index contributed by atoms with van der Waals surface area (Å²) >= 11 is 1.57. The van der Waals surface area contributed by atoms with Gasteiger partial charge in [0.25, 0.3) is 5.69 Å². The van der Waals surface area contributed by atoms with Gasteiger partial charge in [0, 0.05) is 17.0 Å². The standard InChI is InChI=1S/C9H11N3O3S/c10-11-6-1-7(12(13)14)3-8(2-6)16-9-4-15-5-9/h1-3,9,11H,4-5,10H2. The van der Waals surface area contributed by atoms with Crippen LogP contribution < -0.4 is 11.3 Å². The molecule has 1 aromatic carbocycles. The number of nitro groups is 1. The van der Waals surface area contributed by atoms with Crippen molar-refractivity contribution >= 4 is 23.1 Å². The van der Waals surface area contributed by atoms with Crippen LogP contribution in [0.5, 0.6) is 0 Å². The molecule has 1 heterocycles. The van der Waals surface area contributed by atoms with E-state index in [0.717, 1.165) is 4.90 Å². The molecule has 16 heavy (non-hydrogen) atoms. The Kier molecular flexibility index (Phi) is 3.28. The number of thioether (sulfide) groups is 1. The van der Waals surface area contributed by atoms with Crippen LogP contribution in [0.4, 0.5) is 11.4 Å². The van der Waals surface area contributed by atoms with Gasteiger partial charge in [0.2, 0.25) is 0 Å². The second kappa shape index (κ2) is 4.69. The van der Waals surface area contributed by atoms with Crippen molar-refractivity contribution in [2.45, 2.75) is 10.1 Å². The molecule has 1 aliphatic heterocycles. The zero-order chi connectivity index (χ0) is 11.5. The zero-order valence-electron chi connectivity index (χ0n) is 8.38. The molecule has 86 valence electrons. The number of hydrogen-bond donors (Lipinski definition) is 2. The first-order valence-corrected chi connectivity index (χ1v) is 5.57. The highest BCUT2D eigenvalue weighted by molar-refractivity contribution is 8.00. The van der Waals surface area contributed by atoms with Crippen LogP contribution in [0.15, 0.2) is 23.1 Å². The average molecular weight is 241 g/mol. The maximum atomic E-state index is 10.7. The first-order valence-electron chi connectivity index (χ1n) is 4.69. The number of nitrogen functional groups attached to an aromatic ring is 1. The molecule has 0 saturated carbocycles. The summed E-state index contributed by atoms with van der Waals surface area (Å²) in [5, 5.41) is 11.1. The Bertz CT molecular complexity index is 409. The van der Waals surface area contributed by atoms with Crippen LogP contribution in [0.1, 0.15) is 0 Å². The van der Waals surface area contributed by atoms with E-state index in [-0.39, 0.29) is 5.69 Å². The van der Waals surface area contributed by atoms with Crippen LogP contribution >= 0.6 is 11.8 Å². The van der Waals surface area contributed by atoms with E-state index in [2.05, 4.69) is 5.43 Å². The molecular formula is C9H11N3O3S. The molecule has 3 N–H and O–H groups in total. The van der Waals surface area contributed by atoms with Crippen LogP contribution in [-0.2, 0) is 4.74 Å². The van der Waals surface area contributed by atoms with Crippen molar-refractivity contribution in [1.82, 2.24) is 0 Å². The fourth-order valence-electron chi connectivity index (χ4n) is 1.31. The lowest BCUT2D eigenvalue weighted by Crippen LogP contribution is -2.30. The lowest BCUT2D eigenvalue weighted by Gasteiger charge is -2.25. The number of anilines is 1. The molecule has 1 aliphatic rings. The highest BCUT2D eigenvalue weighted by Gasteiger charge is 2.21. The van der Waals surface area contributed by atoms with E-state index in [0.29, 0.717) is 24.2 Å². The predicted molar refractivity (Wildman–Crippen MR) is 61.4 cm³/mol. The number of nitrogens with two attached hydrogens (primary N) is 1. The summed E-state index contributed by atoms with van der Waals surface area (Å²) in [6.45, 7) is 1.39.